The summed E-state index contributed by atoms with van der Waals surface area (Å²) in [6, 6.07) is 67.5. The van der Waals surface area contributed by atoms with Crippen molar-refractivity contribution in [3.8, 4) is 78.4 Å². The van der Waals surface area contributed by atoms with Crippen molar-refractivity contribution >= 4 is 28.5 Å². The number of nitrogens with zero attached hydrogens (tertiary/aromatic N) is 2. The van der Waals surface area contributed by atoms with E-state index >= 15 is 0 Å². The molecule has 0 saturated carbocycles. The first-order valence-electron chi connectivity index (χ1n) is 18.6. The van der Waals surface area contributed by atoms with Gasteiger partial charge in [0.15, 0.2) is 5.82 Å². The molecule has 1 atom stereocenters. The molecule has 0 amide bonds. The molecule has 4 heteroatoms. The van der Waals surface area contributed by atoms with Gasteiger partial charge >= 0.3 is 0 Å². The minimum absolute atomic E-state index is 0.695. The fraction of sp³-hybridized carbons (Fsp3) is 0.0196. The molecule has 0 bridgehead atoms. The van der Waals surface area contributed by atoms with Crippen LogP contribution >= 0.6 is 7.14 Å². The molecular formula is C51H35N2OP. The number of benzene rings is 8. The Balaban J connectivity index is 1.04. The van der Waals surface area contributed by atoms with Crippen molar-refractivity contribution < 1.29 is 4.57 Å². The minimum Gasteiger partial charge on any atom is -0.314 e. The molecule has 55 heavy (non-hydrogen) atoms. The summed E-state index contributed by atoms with van der Waals surface area (Å²) in [5.74, 6) is 0.695. The molecule has 0 aliphatic carbocycles. The highest BCUT2D eigenvalue weighted by Crippen LogP contribution is 2.53. The number of hydrogen-bond acceptors (Lipinski definition) is 3. The van der Waals surface area contributed by atoms with E-state index in [9.17, 15) is 4.57 Å². The predicted molar refractivity (Wildman–Crippen MR) is 230 cm³/mol. The van der Waals surface area contributed by atoms with Crippen LogP contribution in [0, 0.1) is 0 Å². The van der Waals surface area contributed by atoms with Gasteiger partial charge < -0.3 is 4.57 Å². The largest absolute Gasteiger partial charge is 0.314 e. The van der Waals surface area contributed by atoms with Crippen molar-refractivity contribution in [2.24, 2.45) is 0 Å². The normalized spacial score (nSPS) is 14.4. The maximum atomic E-state index is 14.1. The van der Waals surface area contributed by atoms with Crippen LogP contribution in [0.15, 0.2) is 194 Å². The second-order valence-electron chi connectivity index (χ2n) is 14.2. The van der Waals surface area contributed by atoms with Crippen molar-refractivity contribution in [2.45, 2.75) is 0 Å². The summed E-state index contributed by atoms with van der Waals surface area (Å²) in [6.45, 7) is 1.90. The van der Waals surface area contributed by atoms with Crippen LogP contribution in [0.3, 0.4) is 0 Å². The third-order valence-corrected chi connectivity index (χ3v) is 13.5. The Kier molecular flexibility index (Phi) is 7.98. The van der Waals surface area contributed by atoms with Gasteiger partial charge in [-0.1, -0.05) is 188 Å². The SMILES string of the molecule is CP1(=O)c2ccccc2-c2c(-c3ccc(-c4ccc(-c5cc(-c6ccc(-c7ccccc7)cc6)nc(-c6ccccc6)n5)cc4)c4ccccc34)cccc21. The van der Waals surface area contributed by atoms with Crippen molar-refractivity contribution in [1.29, 1.82) is 0 Å². The maximum absolute atomic E-state index is 14.1. The second kappa shape index (κ2) is 13.3. The molecule has 0 saturated heterocycles. The molecule has 1 aromatic heterocycles. The van der Waals surface area contributed by atoms with E-state index in [0.29, 0.717) is 5.82 Å². The molecule has 1 aliphatic heterocycles. The second-order valence-corrected chi connectivity index (χ2v) is 17.0. The molecule has 260 valence electrons. The molecule has 0 spiro atoms. The van der Waals surface area contributed by atoms with E-state index in [2.05, 4.69) is 146 Å². The number of aromatic nitrogens is 2. The summed E-state index contributed by atoms with van der Waals surface area (Å²) in [5.41, 5.74) is 13.9. The van der Waals surface area contributed by atoms with Gasteiger partial charge in [0.25, 0.3) is 0 Å². The highest BCUT2D eigenvalue weighted by molar-refractivity contribution is 7.79. The van der Waals surface area contributed by atoms with E-state index in [1.54, 1.807) is 0 Å². The molecular weight excluding hydrogens is 688 g/mol. The molecule has 1 aliphatic rings. The first-order valence-corrected chi connectivity index (χ1v) is 20.7. The van der Waals surface area contributed by atoms with Gasteiger partial charge in [0.05, 0.1) is 11.4 Å². The van der Waals surface area contributed by atoms with Crippen LogP contribution in [0.2, 0.25) is 0 Å². The average Bonchev–Trinajstić information content (AvgIpc) is 3.50. The van der Waals surface area contributed by atoms with Crippen LogP contribution in [-0.2, 0) is 4.57 Å². The van der Waals surface area contributed by atoms with Crippen LogP contribution < -0.4 is 10.6 Å². The monoisotopic (exact) mass is 722 g/mol. The first-order chi connectivity index (χ1) is 27.0. The Morgan fingerprint density at radius 1 is 0.364 bits per heavy atom. The van der Waals surface area contributed by atoms with Crippen molar-refractivity contribution in [3.05, 3.63) is 194 Å². The fourth-order valence-electron chi connectivity index (χ4n) is 8.12. The van der Waals surface area contributed by atoms with Crippen molar-refractivity contribution in [3.63, 3.8) is 0 Å². The number of hydrogen-bond donors (Lipinski definition) is 0. The van der Waals surface area contributed by atoms with Crippen LogP contribution in [0.1, 0.15) is 0 Å². The lowest BCUT2D eigenvalue weighted by atomic mass is 9.88. The van der Waals surface area contributed by atoms with Crippen LogP contribution in [0.4, 0.5) is 0 Å². The van der Waals surface area contributed by atoms with Crippen molar-refractivity contribution in [1.82, 2.24) is 9.97 Å². The number of rotatable bonds is 6. The summed E-state index contributed by atoms with van der Waals surface area (Å²) in [5, 5.41) is 4.23. The molecule has 0 radical (unpaired) electrons. The minimum atomic E-state index is -2.68. The van der Waals surface area contributed by atoms with Crippen LogP contribution in [0.5, 0.6) is 0 Å². The summed E-state index contributed by atoms with van der Waals surface area (Å²) in [4.78, 5) is 10.1. The molecule has 3 nitrogen and oxygen atoms in total. The zero-order chi connectivity index (χ0) is 36.9. The molecule has 0 N–H and O–H groups in total. The molecule has 2 heterocycles. The highest BCUT2D eigenvalue weighted by Gasteiger charge is 2.36. The van der Waals surface area contributed by atoms with Gasteiger partial charge in [0, 0.05) is 32.9 Å². The van der Waals surface area contributed by atoms with E-state index < -0.39 is 7.14 Å². The lowest BCUT2D eigenvalue weighted by Crippen LogP contribution is -2.08. The molecule has 8 aromatic carbocycles. The third kappa shape index (κ3) is 5.73. The van der Waals surface area contributed by atoms with E-state index in [1.165, 1.54) is 21.9 Å². The third-order valence-electron chi connectivity index (χ3n) is 10.9. The molecule has 9 aromatic rings. The van der Waals surface area contributed by atoms with E-state index in [4.69, 9.17) is 9.97 Å². The summed E-state index contributed by atoms with van der Waals surface area (Å²) < 4.78 is 14.1. The van der Waals surface area contributed by atoms with Crippen molar-refractivity contribution in [2.75, 3.05) is 6.66 Å². The Hall–Kier alpha value is -6.67. The van der Waals surface area contributed by atoms with Gasteiger partial charge in [-0.3, -0.25) is 0 Å². The van der Waals surface area contributed by atoms with E-state index in [0.717, 1.165) is 72.1 Å². The number of fused-ring (bicyclic) bond motifs is 4. The molecule has 10 rings (SSSR count). The summed E-state index contributed by atoms with van der Waals surface area (Å²) in [6.07, 6.45) is 0. The first kappa shape index (κ1) is 32.9. The van der Waals surface area contributed by atoms with Gasteiger partial charge in [-0.05, 0) is 62.4 Å². The van der Waals surface area contributed by atoms with Gasteiger partial charge in [0.1, 0.15) is 7.14 Å². The molecule has 1 unspecified atom stereocenters. The zero-order valence-corrected chi connectivity index (χ0v) is 31.1. The standard InChI is InChI=1S/C51H35N2OP/c1-55(54)48-21-11-10-19-45(48)50-44(20-12-22-49(50)55)43-32-31-40(41-17-8-9-18-42(41)43)36-25-29-38(30-26-36)47-33-46(52-51(53-47)39-15-6-3-7-16-39)37-27-23-35(24-28-37)34-13-4-2-5-14-34/h2-33H,1H3. The van der Waals surface area contributed by atoms with Gasteiger partial charge in [-0.15, -0.1) is 0 Å². The summed E-state index contributed by atoms with van der Waals surface area (Å²) in [7, 11) is -2.68. The smallest absolute Gasteiger partial charge is 0.160 e. The topological polar surface area (TPSA) is 42.9 Å². The van der Waals surface area contributed by atoms with Gasteiger partial charge in [-0.25, -0.2) is 9.97 Å². The molecule has 0 fully saturated rings. The van der Waals surface area contributed by atoms with E-state index in [1.807, 2.05) is 55.2 Å². The quantitative estimate of drug-likeness (QED) is 0.161. The average molecular weight is 723 g/mol. The van der Waals surface area contributed by atoms with Crippen LogP contribution in [0.25, 0.3) is 89.2 Å². The summed E-state index contributed by atoms with van der Waals surface area (Å²) >= 11 is 0. The Morgan fingerprint density at radius 2 is 0.836 bits per heavy atom. The zero-order valence-electron chi connectivity index (χ0n) is 30.2. The fourth-order valence-corrected chi connectivity index (χ4v) is 10.4. The maximum Gasteiger partial charge on any atom is 0.160 e. The lowest BCUT2D eigenvalue weighted by molar-refractivity contribution is 0.591. The Bertz CT molecular complexity index is 2940. The van der Waals surface area contributed by atoms with Gasteiger partial charge in [-0.2, -0.15) is 0 Å². The Morgan fingerprint density at radius 3 is 1.51 bits per heavy atom. The Labute approximate surface area is 321 Å². The van der Waals surface area contributed by atoms with Gasteiger partial charge in [0.2, 0.25) is 0 Å². The van der Waals surface area contributed by atoms with Crippen LogP contribution in [-0.4, -0.2) is 16.6 Å². The van der Waals surface area contributed by atoms with E-state index in [-0.39, 0.29) is 0 Å². The highest BCUT2D eigenvalue weighted by atomic mass is 31.2. The lowest BCUT2D eigenvalue weighted by Gasteiger charge is -2.16. The predicted octanol–water partition coefficient (Wildman–Crippen LogP) is 12.6.